The molecule has 1 amide bonds. The number of aryl methyl sites for hydroxylation is 1. The Morgan fingerprint density at radius 3 is 2.38 bits per heavy atom. The lowest BCUT2D eigenvalue weighted by Gasteiger charge is -2.15. The van der Waals surface area contributed by atoms with Crippen LogP contribution in [0, 0.1) is 0 Å². The predicted octanol–water partition coefficient (Wildman–Crippen LogP) is 4.33. The molecule has 2 aromatic rings. The lowest BCUT2D eigenvalue weighted by Crippen LogP contribution is -2.36. The molecule has 0 heterocycles. The minimum atomic E-state index is -0.549. The molecular weight excluding hydrogens is 326 g/mol. The highest BCUT2D eigenvalue weighted by Crippen LogP contribution is 2.20. The Balaban J connectivity index is 1.72. The van der Waals surface area contributed by atoms with Gasteiger partial charge in [-0.3, -0.25) is 4.79 Å². The molecule has 0 spiro atoms. The number of hydrogen-bond donors (Lipinski definition) is 1. The van der Waals surface area contributed by atoms with Crippen molar-refractivity contribution in [3.63, 3.8) is 0 Å². The van der Waals surface area contributed by atoms with Crippen LogP contribution in [0.1, 0.15) is 44.2 Å². The molecule has 0 saturated heterocycles. The van der Waals surface area contributed by atoms with Gasteiger partial charge in [-0.25, -0.2) is 0 Å². The van der Waals surface area contributed by atoms with E-state index < -0.39 is 6.10 Å². The Morgan fingerprint density at radius 2 is 1.73 bits per heavy atom. The van der Waals surface area contributed by atoms with Gasteiger partial charge in [-0.1, -0.05) is 44.2 Å². The largest absolute Gasteiger partial charge is 0.497 e. The first-order valence-corrected chi connectivity index (χ1v) is 9.17. The molecule has 0 radical (unpaired) electrons. The molecule has 0 saturated carbocycles. The Morgan fingerprint density at radius 1 is 1.04 bits per heavy atom. The second-order valence-corrected chi connectivity index (χ2v) is 6.73. The smallest absolute Gasteiger partial charge is 0.260 e. The third-order valence-electron chi connectivity index (χ3n) is 4.31. The van der Waals surface area contributed by atoms with E-state index in [0.29, 0.717) is 24.0 Å². The van der Waals surface area contributed by atoms with E-state index in [1.54, 1.807) is 20.1 Å². The fraction of sp³-hybridized carbons (Fsp3) is 0.409. The third kappa shape index (κ3) is 6.10. The molecule has 2 aromatic carbocycles. The molecule has 1 unspecified atom stereocenters. The van der Waals surface area contributed by atoms with Crippen LogP contribution in [0.3, 0.4) is 0 Å². The first-order valence-electron chi connectivity index (χ1n) is 9.17. The molecule has 4 nitrogen and oxygen atoms in total. The van der Waals surface area contributed by atoms with Crippen molar-refractivity contribution >= 4 is 5.91 Å². The average Bonchev–Trinajstić information content (AvgIpc) is 2.65. The van der Waals surface area contributed by atoms with Crippen LogP contribution in [0.4, 0.5) is 0 Å². The maximum atomic E-state index is 12.2. The molecule has 1 N–H and O–H groups in total. The molecule has 0 bridgehead atoms. The molecule has 26 heavy (non-hydrogen) atoms. The number of hydrogen-bond acceptors (Lipinski definition) is 3. The summed E-state index contributed by atoms with van der Waals surface area (Å²) in [6, 6.07) is 16.0. The Labute approximate surface area is 156 Å². The second kappa shape index (κ2) is 9.85. The van der Waals surface area contributed by atoms with E-state index in [2.05, 4.69) is 43.4 Å². The van der Waals surface area contributed by atoms with Gasteiger partial charge in [-0.15, -0.1) is 0 Å². The quantitative estimate of drug-likeness (QED) is 0.681. The van der Waals surface area contributed by atoms with Crippen LogP contribution in [0.2, 0.25) is 0 Å². The van der Waals surface area contributed by atoms with Gasteiger partial charge in [-0.2, -0.15) is 0 Å². The molecule has 0 fully saturated rings. The van der Waals surface area contributed by atoms with E-state index in [-0.39, 0.29) is 5.91 Å². The maximum absolute atomic E-state index is 12.2. The minimum absolute atomic E-state index is 0.108. The van der Waals surface area contributed by atoms with Crippen molar-refractivity contribution in [2.45, 2.75) is 45.6 Å². The SMILES string of the molecule is COc1cccc(OC(C)C(=O)NCCCc2ccc(C(C)C)cc2)c1. The number of rotatable bonds is 9. The Bertz CT molecular complexity index is 695. The van der Waals surface area contributed by atoms with Gasteiger partial charge in [0.05, 0.1) is 7.11 Å². The number of methoxy groups -OCH3 is 1. The number of ether oxygens (including phenoxy) is 2. The number of benzene rings is 2. The zero-order chi connectivity index (χ0) is 18.9. The molecular formula is C22H29NO3. The van der Waals surface area contributed by atoms with E-state index in [1.165, 1.54) is 11.1 Å². The van der Waals surface area contributed by atoms with Crippen molar-refractivity contribution in [3.05, 3.63) is 59.7 Å². The molecule has 0 aliphatic heterocycles. The summed E-state index contributed by atoms with van der Waals surface area (Å²) in [7, 11) is 1.60. The van der Waals surface area contributed by atoms with Crippen LogP contribution in [0.5, 0.6) is 11.5 Å². The highest BCUT2D eigenvalue weighted by Gasteiger charge is 2.14. The van der Waals surface area contributed by atoms with Crippen LogP contribution >= 0.6 is 0 Å². The van der Waals surface area contributed by atoms with Crippen LogP contribution in [0.25, 0.3) is 0 Å². The van der Waals surface area contributed by atoms with E-state index in [0.717, 1.165) is 12.8 Å². The fourth-order valence-corrected chi connectivity index (χ4v) is 2.65. The van der Waals surface area contributed by atoms with Crippen molar-refractivity contribution in [1.29, 1.82) is 0 Å². The van der Waals surface area contributed by atoms with E-state index >= 15 is 0 Å². The molecule has 4 heteroatoms. The third-order valence-corrected chi connectivity index (χ3v) is 4.31. The zero-order valence-corrected chi connectivity index (χ0v) is 16.1. The van der Waals surface area contributed by atoms with Gasteiger partial charge in [-0.05, 0) is 48.9 Å². The van der Waals surface area contributed by atoms with Gasteiger partial charge in [0, 0.05) is 12.6 Å². The summed E-state index contributed by atoms with van der Waals surface area (Å²) >= 11 is 0. The highest BCUT2D eigenvalue weighted by molar-refractivity contribution is 5.80. The van der Waals surface area contributed by atoms with Crippen LogP contribution in [0.15, 0.2) is 48.5 Å². The van der Waals surface area contributed by atoms with Crippen LogP contribution in [-0.4, -0.2) is 25.7 Å². The molecule has 0 aliphatic rings. The predicted molar refractivity (Wildman–Crippen MR) is 105 cm³/mol. The van der Waals surface area contributed by atoms with Gasteiger partial charge in [0.2, 0.25) is 0 Å². The van der Waals surface area contributed by atoms with Crippen LogP contribution < -0.4 is 14.8 Å². The highest BCUT2D eigenvalue weighted by atomic mass is 16.5. The number of carbonyl (C=O) groups excluding carboxylic acids is 1. The van der Waals surface area contributed by atoms with Gasteiger partial charge in [0.1, 0.15) is 11.5 Å². The van der Waals surface area contributed by atoms with Gasteiger partial charge in [0.25, 0.3) is 5.91 Å². The van der Waals surface area contributed by atoms with E-state index in [4.69, 9.17) is 9.47 Å². The van der Waals surface area contributed by atoms with E-state index in [9.17, 15) is 4.79 Å². The standard InChI is InChI=1S/C22H29NO3/c1-16(2)19-12-10-18(11-13-19)7-6-14-23-22(24)17(3)26-21-9-5-8-20(15-21)25-4/h5,8-13,15-17H,6-7,14H2,1-4H3,(H,23,24). The maximum Gasteiger partial charge on any atom is 0.260 e. The molecule has 140 valence electrons. The van der Waals surface area contributed by atoms with Crippen molar-refractivity contribution < 1.29 is 14.3 Å². The summed E-state index contributed by atoms with van der Waals surface area (Å²) in [5.41, 5.74) is 2.65. The lowest BCUT2D eigenvalue weighted by molar-refractivity contribution is -0.127. The van der Waals surface area contributed by atoms with Gasteiger partial charge < -0.3 is 14.8 Å². The van der Waals surface area contributed by atoms with Crippen molar-refractivity contribution in [2.24, 2.45) is 0 Å². The lowest BCUT2D eigenvalue weighted by atomic mass is 10.0. The molecule has 1 atom stereocenters. The summed E-state index contributed by atoms with van der Waals surface area (Å²) < 4.78 is 10.8. The summed E-state index contributed by atoms with van der Waals surface area (Å²) in [5, 5.41) is 2.94. The number of carbonyl (C=O) groups is 1. The van der Waals surface area contributed by atoms with Crippen molar-refractivity contribution in [2.75, 3.05) is 13.7 Å². The molecule has 0 aliphatic carbocycles. The van der Waals surface area contributed by atoms with Crippen LogP contribution in [-0.2, 0) is 11.2 Å². The fourth-order valence-electron chi connectivity index (χ4n) is 2.65. The first kappa shape index (κ1) is 19.8. The normalized spacial score (nSPS) is 11.9. The van der Waals surface area contributed by atoms with E-state index in [1.807, 2.05) is 18.2 Å². The van der Waals surface area contributed by atoms with Gasteiger partial charge in [0.15, 0.2) is 6.10 Å². The average molecular weight is 355 g/mol. The molecule has 2 rings (SSSR count). The zero-order valence-electron chi connectivity index (χ0n) is 16.1. The summed E-state index contributed by atoms with van der Waals surface area (Å²) in [4.78, 5) is 12.2. The summed E-state index contributed by atoms with van der Waals surface area (Å²) in [5.74, 6) is 1.77. The number of nitrogens with one attached hydrogen (secondary N) is 1. The first-order chi connectivity index (χ1) is 12.5. The Kier molecular flexibility index (Phi) is 7.52. The van der Waals surface area contributed by atoms with Gasteiger partial charge >= 0.3 is 0 Å². The Hall–Kier alpha value is -2.49. The monoisotopic (exact) mass is 355 g/mol. The van der Waals surface area contributed by atoms with Crippen molar-refractivity contribution in [3.8, 4) is 11.5 Å². The van der Waals surface area contributed by atoms with Crippen molar-refractivity contribution in [1.82, 2.24) is 5.32 Å². The number of amides is 1. The second-order valence-electron chi connectivity index (χ2n) is 6.73. The summed E-state index contributed by atoms with van der Waals surface area (Å²) in [6.07, 6.45) is 1.30. The topological polar surface area (TPSA) is 47.6 Å². The molecule has 0 aromatic heterocycles. The summed E-state index contributed by atoms with van der Waals surface area (Å²) in [6.45, 7) is 6.77. The minimum Gasteiger partial charge on any atom is -0.497 e.